The fourth-order valence-corrected chi connectivity index (χ4v) is 3.59. The first-order chi connectivity index (χ1) is 9.72. The predicted octanol–water partition coefficient (Wildman–Crippen LogP) is 3.45. The maximum Gasteiger partial charge on any atom is 0.185 e. The van der Waals surface area contributed by atoms with Crippen LogP contribution in [0.3, 0.4) is 0 Å². The van der Waals surface area contributed by atoms with Gasteiger partial charge in [-0.3, -0.25) is 0 Å². The molecule has 1 aliphatic heterocycles. The number of benzene rings is 1. The number of nitrogens with one attached hydrogen (secondary N) is 1. The number of nitrogens with zero attached hydrogens (tertiary/aromatic N) is 2. The van der Waals surface area contributed by atoms with Crippen molar-refractivity contribution in [3.05, 3.63) is 44.9 Å². The van der Waals surface area contributed by atoms with Crippen LogP contribution in [0, 0.1) is 0 Å². The van der Waals surface area contributed by atoms with Crippen molar-refractivity contribution in [2.45, 2.75) is 6.42 Å². The van der Waals surface area contributed by atoms with Gasteiger partial charge in [-0.1, -0.05) is 29.3 Å². The number of hydrogen-bond donors (Lipinski definition) is 1. The Morgan fingerprint density at radius 2 is 2.05 bits per heavy atom. The highest BCUT2D eigenvalue weighted by molar-refractivity contribution is 7.13. The van der Waals surface area contributed by atoms with E-state index in [1.54, 1.807) is 17.4 Å². The molecule has 0 unspecified atom stereocenters. The third-order valence-electron chi connectivity index (χ3n) is 3.31. The van der Waals surface area contributed by atoms with Gasteiger partial charge in [-0.05, 0) is 17.7 Å². The summed E-state index contributed by atoms with van der Waals surface area (Å²) in [5.41, 5.74) is 2.13. The standard InChI is InChI=1S/C14H15Cl2N3S/c15-11-2-1-10(13(16)8-11)7-12-9-20-14(18-12)19-5-3-17-4-6-19/h1-2,8-9,17H,3-7H2. The Morgan fingerprint density at radius 1 is 1.25 bits per heavy atom. The molecule has 6 heteroatoms. The molecule has 106 valence electrons. The number of anilines is 1. The quantitative estimate of drug-likeness (QED) is 0.935. The fourth-order valence-electron chi connectivity index (χ4n) is 2.24. The zero-order chi connectivity index (χ0) is 13.9. The predicted molar refractivity (Wildman–Crippen MR) is 86.5 cm³/mol. The number of aromatic nitrogens is 1. The first-order valence-corrected chi connectivity index (χ1v) is 8.20. The van der Waals surface area contributed by atoms with Crippen molar-refractivity contribution in [3.63, 3.8) is 0 Å². The number of rotatable bonds is 3. The lowest BCUT2D eigenvalue weighted by Crippen LogP contribution is -2.43. The van der Waals surface area contributed by atoms with Gasteiger partial charge in [0.1, 0.15) is 0 Å². The summed E-state index contributed by atoms with van der Waals surface area (Å²) in [4.78, 5) is 7.05. The highest BCUT2D eigenvalue weighted by Crippen LogP contribution is 2.26. The number of piperazine rings is 1. The van der Waals surface area contributed by atoms with E-state index in [9.17, 15) is 0 Å². The highest BCUT2D eigenvalue weighted by atomic mass is 35.5. The van der Waals surface area contributed by atoms with Crippen LogP contribution in [0.15, 0.2) is 23.6 Å². The SMILES string of the molecule is Clc1ccc(Cc2csc(N3CCNCC3)n2)c(Cl)c1. The van der Waals surface area contributed by atoms with Crippen molar-refractivity contribution in [1.29, 1.82) is 0 Å². The summed E-state index contributed by atoms with van der Waals surface area (Å²) in [6.45, 7) is 4.10. The molecule has 2 aromatic rings. The van der Waals surface area contributed by atoms with E-state index in [1.165, 1.54) is 0 Å². The van der Waals surface area contributed by atoms with Gasteiger partial charge in [-0.2, -0.15) is 0 Å². The van der Waals surface area contributed by atoms with Crippen LogP contribution in [0.2, 0.25) is 10.0 Å². The maximum absolute atomic E-state index is 6.21. The summed E-state index contributed by atoms with van der Waals surface area (Å²) in [7, 11) is 0. The zero-order valence-corrected chi connectivity index (χ0v) is 13.2. The van der Waals surface area contributed by atoms with E-state index < -0.39 is 0 Å². The monoisotopic (exact) mass is 327 g/mol. The molecule has 20 heavy (non-hydrogen) atoms. The van der Waals surface area contributed by atoms with E-state index in [4.69, 9.17) is 28.2 Å². The smallest absolute Gasteiger partial charge is 0.185 e. The van der Waals surface area contributed by atoms with E-state index in [2.05, 4.69) is 15.6 Å². The summed E-state index contributed by atoms with van der Waals surface area (Å²) in [6.07, 6.45) is 0.749. The van der Waals surface area contributed by atoms with Crippen molar-refractivity contribution >= 4 is 39.7 Å². The van der Waals surface area contributed by atoms with Gasteiger partial charge < -0.3 is 10.2 Å². The molecule has 1 fully saturated rings. The molecule has 0 aliphatic carbocycles. The molecule has 3 nitrogen and oxygen atoms in total. The first-order valence-electron chi connectivity index (χ1n) is 6.56. The normalized spacial score (nSPS) is 15.6. The summed E-state index contributed by atoms with van der Waals surface area (Å²) in [5.74, 6) is 0. The molecule has 0 radical (unpaired) electrons. The highest BCUT2D eigenvalue weighted by Gasteiger charge is 2.14. The van der Waals surface area contributed by atoms with Crippen molar-refractivity contribution in [2.75, 3.05) is 31.1 Å². The maximum atomic E-state index is 6.21. The van der Waals surface area contributed by atoms with E-state index in [-0.39, 0.29) is 0 Å². The molecule has 0 spiro atoms. The topological polar surface area (TPSA) is 28.2 Å². The van der Waals surface area contributed by atoms with Gasteiger partial charge in [-0.15, -0.1) is 11.3 Å². The van der Waals surface area contributed by atoms with Crippen LogP contribution in [0.25, 0.3) is 0 Å². The number of halogens is 2. The van der Waals surface area contributed by atoms with Gasteiger partial charge in [-0.25, -0.2) is 4.98 Å². The van der Waals surface area contributed by atoms with E-state index in [0.717, 1.165) is 49.0 Å². The second kappa shape index (κ2) is 6.31. The zero-order valence-electron chi connectivity index (χ0n) is 10.9. The van der Waals surface area contributed by atoms with Gasteiger partial charge in [0.15, 0.2) is 5.13 Å². The minimum absolute atomic E-state index is 0.665. The molecule has 0 amide bonds. The Labute approximate surface area is 132 Å². The average Bonchev–Trinajstić information content (AvgIpc) is 2.92. The third-order valence-corrected chi connectivity index (χ3v) is 4.85. The molecule has 2 heterocycles. The first kappa shape index (κ1) is 14.1. The van der Waals surface area contributed by atoms with Crippen LogP contribution >= 0.6 is 34.5 Å². The fraction of sp³-hybridized carbons (Fsp3) is 0.357. The summed E-state index contributed by atoms with van der Waals surface area (Å²) < 4.78 is 0. The number of thiazole rings is 1. The molecule has 1 aliphatic rings. The van der Waals surface area contributed by atoms with Crippen LogP contribution < -0.4 is 10.2 Å². The lowest BCUT2D eigenvalue weighted by molar-refractivity contribution is 0.588. The molecular formula is C14H15Cl2N3S. The van der Waals surface area contributed by atoms with E-state index in [0.29, 0.717) is 10.0 Å². The molecule has 0 saturated carbocycles. The Hall–Kier alpha value is -0.810. The Morgan fingerprint density at radius 3 is 2.80 bits per heavy atom. The van der Waals surface area contributed by atoms with E-state index in [1.807, 2.05) is 12.1 Å². The molecular weight excluding hydrogens is 313 g/mol. The molecule has 1 aromatic carbocycles. The van der Waals surface area contributed by atoms with Gasteiger partial charge in [0.2, 0.25) is 0 Å². The Balaban J connectivity index is 1.73. The molecule has 0 atom stereocenters. The molecule has 0 bridgehead atoms. The molecule has 1 N–H and O–H groups in total. The van der Waals surface area contributed by atoms with Gasteiger partial charge in [0.05, 0.1) is 5.69 Å². The van der Waals surface area contributed by atoms with Crippen molar-refractivity contribution < 1.29 is 0 Å². The van der Waals surface area contributed by atoms with Crippen molar-refractivity contribution in [1.82, 2.24) is 10.3 Å². The van der Waals surface area contributed by atoms with Gasteiger partial charge in [0, 0.05) is 48.0 Å². The lowest BCUT2D eigenvalue weighted by atomic mass is 10.1. The van der Waals surface area contributed by atoms with Gasteiger partial charge >= 0.3 is 0 Å². The summed E-state index contributed by atoms with van der Waals surface area (Å²) in [6, 6.07) is 5.61. The second-order valence-corrected chi connectivity index (χ2v) is 6.45. The third kappa shape index (κ3) is 3.26. The largest absolute Gasteiger partial charge is 0.346 e. The van der Waals surface area contributed by atoms with Crippen LogP contribution in [0.4, 0.5) is 5.13 Å². The summed E-state index contributed by atoms with van der Waals surface area (Å²) >= 11 is 13.8. The second-order valence-electron chi connectivity index (χ2n) is 4.77. The Kier molecular flexibility index (Phi) is 4.46. The van der Waals surface area contributed by atoms with Crippen LogP contribution in [0.5, 0.6) is 0 Å². The summed E-state index contributed by atoms with van der Waals surface area (Å²) in [5, 5.41) is 7.93. The van der Waals surface area contributed by atoms with Crippen molar-refractivity contribution in [3.8, 4) is 0 Å². The minimum Gasteiger partial charge on any atom is -0.346 e. The Bertz CT molecular complexity index is 594. The van der Waals surface area contributed by atoms with Crippen LogP contribution in [-0.4, -0.2) is 31.2 Å². The molecule has 1 saturated heterocycles. The van der Waals surface area contributed by atoms with E-state index >= 15 is 0 Å². The van der Waals surface area contributed by atoms with Crippen LogP contribution in [0.1, 0.15) is 11.3 Å². The number of hydrogen-bond acceptors (Lipinski definition) is 4. The lowest BCUT2D eigenvalue weighted by Gasteiger charge is -2.26. The molecule has 1 aromatic heterocycles. The van der Waals surface area contributed by atoms with Gasteiger partial charge in [0.25, 0.3) is 0 Å². The molecule has 3 rings (SSSR count). The average molecular weight is 328 g/mol. The van der Waals surface area contributed by atoms with Crippen LogP contribution in [-0.2, 0) is 6.42 Å². The minimum atomic E-state index is 0.665. The van der Waals surface area contributed by atoms with Crippen molar-refractivity contribution in [2.24, 2.45) is 0 Å².